The number of nitrogens with one attached hydrogen (secondary N) is 2. The molecule has 0 radical (unpaired) electrons. The zero-order chi connectivity index (χ0) is 19.7. The van der Waals surface area contributed by atoms with Gasteiger partial charge in [0.15, 0.2) is 6.29 Å². The predicted octanol–water partition coefficient (Wildman–Crippen LogP) is 3.85. The quantitative estimate of drug-likeness (QED) is 0.523. The van der Waals surface area contributed by atoms with Crippen molar-refractivity contribution in [3.63, 3.8) is 0 Å². The largest absolute Gasteiger partial charge is 0.366 e. The van der Waals surface area contributed by atoms with Crippen LogP contribution in [0.1, 0.15) is 47.5 Å². The number of hydrogen-bond acceptors (Lipinski definition) is 7. The van der Waals surface area contributed by atoms with Crippen LogP contribution < -0.4 is 10.6 Å². The molecule has 28 heavy (non-hydrogen) atoms. The molecule has 1 amide bonds. The van der Waals surface area contributed by atoms with Gasteiger partial charge < -0.3 is 20.5 Å². The van der Waals surface area contributed by atoms with Crippen LogP contribution in [0, 0.1) is 6.92 Å². The second-order valence-corrected chi connectivity index (χ2v) is 7.68. The summed E-state index contributed by atoms with van der Waals surface area (Å²) in [6.45, 7) is 4.11. The first-order valence-electron chi connectivity index (χ1n) is 9.27. The van der Waals surface area contributed by atoms with Crippen molar-refractivity contribution >= 4 is 39.0 Å². The fourth-order valence-electron chi connectivity index (χ4n) is 2.91. The maximum Gasteiger partial charge on any atom is 0.258 e. The lowest BCUT2D eigenvalue weighted by Gasteiger charge is -2.14. The Hall–Kier alpha value is -2.55. The topological polar surface area (TPSA) is 96.4 Å². The first-order valence-corrected chi connectivity index (χ1v) is 10.1. The molecule has 0 bridgehead atoms. The highest BCUT2D eigenvalue weighted by Crippen LogP contribution is 2.33. The minimum Gasteiger partial charge on any atom is -0.366 e. The van der Waals surface area contributed by atoms with Crippen molar-refractivity contribution in [1.82, 2.24) is 9.97 Å². The van der Waals surface area contributed by atoms with Crippen LogP contribution in [0.5, 0.6) is 0 Å². The Labute approximate surface area is 166 Å². The zero-order valence-electron chi connectivity index (χ0n) is 15.7. The number of aromatic nitrogens is 2. The van der Waals surface area contributed by atoms with Crippen molar-refractivity contribution in [3.8, 4) is 0 Å². The minimum atomic E-state index is -1.02. The third kappa shape index (κ3) is 3.84. The number of rotatable bonds is 7. The van der Waals surface area contributed by atoms with E-state index in [9.17, 15) is 9.90 Å². The molecule has 2 heterocycles. The lowest BCUT2D eigenvalue weighted by atomic mass is 10.1. The molecular weight excluding hydrogens is 376 g/mol. The molecule has 1 fully saturated rings. The number of aliphatic hydroxyl groups excluding tert-OH is 1. The standard InChI is InChI=1S/C20H22N4O3S/c1-3-27-20(26)12-5-4-11(2)15(8-12)24-19(25)14-9-28-17-16(14)21-10-22-18(17)23-13-6-7-13/h4-5,8-10,13,20,26H,3,6-7H2,1-2H3,(H,24,25)(H,21,22,23). The first kappa shape index (κ1) is 18.8. The summed E-state index contributed by atoms with van der Waals surface area (Å²) in [5.74, 6) is 0.544. The van der Waals surface area contributed by atoms with E-state index in [0.717, 1.165) is 28.9 Å². The Morgan fingerprint density at radius 3 is 2.96 bits per heavy atom. The third-order valence-electron chi connectivity index (χ3n) is 4.64. The highest BCUT2D eigenvalue weighted by molar-refractivity contribution is 7.18. The maximum atomic E-state index is 12.9. The van der Waals surface area contributed by atoms with E-state index in [1.807, 2.05) is 19.9 Å². The molecule has 7 nitrogen and oxygen atoms in total. The summed E-state index contributed by atoms with van der Waals surface area (Å²) in [6, 6.07) is 5.84. The molecule has 4 rings (SSSR count). The van der Waals surface area contributed by atoms with Gasteiger partial charge in [0, 0.05) is 29.3 Å². The molecule has 0 saturated heterocycles. The van der Waals surface area contributed by atoms with E-state index in [2.05, 4.69) is 20.6 Å². The minimum absolute atomic E-state index is 0.242. The van der Waals surface area contributed by atoms with Crippen LogP contribution in [0.3, 0.4) is 0 Å². The number of aryl methyl sites for hydroxylation is 1. The number of ether oxygens (including phenoxy) is 1. The molecule has 8 heteroatoms. The number of benzene rings is 1. The van der Waals surface area contributed by atoms with E-state index in [1.54, 1.807) is 17.5 Å². The van der Waals surface area contributed by atoms with E-state index in [1.165, 1.54) is 17.7 Å². The fourth-order valence-corrected chi connectivity index (χ4v) is 3.86. The summed E-state index contributed by atoms with van der Waals surface area (Å²) in [5.41, 5.74) is 3.27. The molecule has 1 unspecified atom stereocenters. The van der Waals surface area contributed by atoms with Crippen LogP contribution >= 0.6 is 11.3 Å². The van der Waals surface area contributed by atoms with Crippen molar-refractivity contribution in [1.29, 1.82) is 0 Å². The van der Waals surface area contributed by atoms with E-state index in [0.29, 0.717) is 35.0 Å². The third-order valence-corrected chi connectivity index (χ3v) is 5.61. The SMILES string of the molecule is CCOC(O)c1ccc(C)c(NC(=O)c2csc3c(NC4CC4)ncnc23)c1. The van der Waals surface area contributed by atoms with Gasteiger partial charge in [-0.25, -0.2) is 9.97 Å². The van der Waals surface area contributed by atoms with Crippen molar-refractivity contribution in [2.75, 3.05) is 17.2 Å². The highest BCUT2D eigenvalue weighted by Gasteiger charge is 2.24. The monoisotopic (exact) mass is 398 g/mol. The van der Waals surface area contributed by atoms with Gasteiger partial charge in [0.25, 0.3) is 5.91 Å². The van der Waals surface area contributed by atoms with Crippen LogP contribution in [0.25, 0.3) is 10.2 Å². The molecule has 3 aromatic rings. The molecular formula is C20H22N4O3S. The van der Waals surface area contributed by atoms with Crippen molar-refractivity contribution in [2.45, 2.75) is 39.0 Å². The van der Waals surface area contributed by atoms with Gasteiger partial charge in [0.2, 0.25) is 0 Å². The first-order chi connectivity index (χ1) is 13.6. The van der Waals surface area contributed by atoms with Crippen LogP contribution in [-0.2, 0) is 4.74 Å². The lowest BCUT2D eigenvalue weighted by molar-refractivity contribution is -0.0979. The normalized spacial score (nSPS) is 14.8. The Kier molecular flexibility index (Phi) is 5.25. The molecule has 3 N–H and O–H groups in total. The Balaban J connectivity index is 1.59. The number of fused-ring (bicyclic) bond motifs is 1. The van der Waals surface area contributed by atoms with Gasteiger partial charge in [0.1, 0.15) is 12.1 Å². The smallest absolute Gasteiger partial charge is 0.258 e. The second kappa shape index (κ2) is 7.83. The summed E-state index contributed by atoms with van der Waals surface area (Å²) in [4.78, 5) is 21.6. The molecule has 1 saturated carbocycles. The van der Waals surface area contributed by atoms with E-state index >= 15 is 0 Å². The number of nitrogens with zero attached hydrogens (tertiary/aromatic N) is 2. The number of aliphatic hydroxyl groups is 1. The second-order valence-electron chi connectivity index (χ2n) is 6.80. The highest BCUT2D eigenvalue weighted by atomic mass is 32.1. The van der Waals surface area contributed by atoms with Crippen LogP contribution in [0.2, 0.25) is 0 Å². The number of amides is 1. The maximum absolute atomic E-state index is 12.9. The summed E-state index contributed by atoms with van der Waals surface area (Å²) in [5, 5.41) is 18.2. The number of carbonyl (C=O) groups is 1. The number of anilines is 2. The van der Waals surface area contributed by atoms with Crippen molar-refractivity contribution in [3.05, 3.63) is 46.6 Å². The molecule has 1 aliphatic carbocycles. The lowest BCUT2D eigenvalue weighted by Crippen LogP contribution is -2.13. The molecule has 1 aromatic carbocycles. The predicted molar refractivity (Wildman–Crippen MR) is 110 cm³/mol. The van der Waals surface area contributed by atoms with Gasteiger partial charge in [-0.2, -0.15) is 0 Å². The summed E-state index contributed by atoms with van der Waals surface area (Å²) < 4.78 is 6.11. The number of thiophene rings is 1. The molecule has 0 aliphatic heterocycles. The van der Waals surface area contributed by atoms with E-state index in [4.69, 9.17) is 4.74 Å². The number of hydrogen-bond donors (Lipinski definition) is 3. The van der Waals surface area contributed by atoms with Gasteiger partial charge in [-0.3, -0.25) is 4.79 Å². The Morgan fingerprint density at radius 2 is 2.21 bits per heavy atom. The Morgan fingerprint density at radius 1 is 1.39 bits per heavy atom. The summed E-state index contributed by atoms with van der Waals surface area (Å²) >= 11 is 1.46. The molecule has 1 atom stereocenters. The average Bonchev–Trinajstić information content (AvgIpc) is 3.38. The fraction of sp³-hybridized carbons (Fsp3) is 0.350. The molecule has 2 aromatic heterocycles. The van der Waals surface area contributed by atoms with Crippen molar-refractivity contribution < 1.29 is 14.6 Å². The van der Waals surface area contributed by atoms with Crippen LogP contribution in [0.15, 0.2) is 29.9 Å². The summed E-state index contributed by atoms with van der Waals surface area (Å²) in [7, 11) is 0. The van der Waals surface area contributed by atoms with Gasteiger partial charge in [-0.1, -0.05) is 12.1 Å². The zero-order valence-corrected chi connectivity index (χ0v) is 16.5. The van der Waals surface area contributed by atoms with Gasteiger partial charge >= 0.3 is 0 Å². The van der Waals surface area contributed by atoms with Crippen LogP contribution in [-0.4, -0.2) is 33.6 Å². The molecule has 146 valence electrons. The van der Waals surface area contributed by atoms with Crippen LogP contribution in [0.4, 0.5) is 11.5 Å². The van der Waals surface area contributed by atoms with E-state index in [-0.39, 0.29) is 5.91 Å². The van der Waals surface area contributed by atoms with E-state index < -0.39 is 6.29 Å². The average molecular weight is 398 g/mol. The van der Waals surface area contributed by atoms with Crippen molar-refractivity contribution in [2.24, 2.45) is 0 Å². The summed E-state index contributed by atoms with van der Waals surface area (Å²) in [6.07, 6.45) is 2.76. The van der Waals surface area contributed by atoms with Gasteiger partial charge in [-0.15, -0.1) is 11.3 Å². The molecule has 0 spiro atoms. The number of carbonyl (C=O) groups excluding carboxylic acids is 1. The van der Waals surface area contributed by atoms with Gasteiger partial charge in [-0.05, 0) is 38.3 Å². The Bertz CT molecular complexity index is 1020. The van der Waals surface area contributed by atoms with Gasteiger partial charge in [0.05, 0.1) is 15.8 Å². The molecule has 1 aliphatic rings.